The molecule has 32 heavy (non-hydrogen) atoms. The lowest BCUT2D eigenvalue weighted by Crippen LogP contribution is -2.51. The predicted molar refractivity (Wildman–Crippen MR) is 118 cm³/mol. The minimum Gasteiger partial charge on any atom is -0.283 e. The first-order chi connectivity index (χ1) is 15.5. The summed E-state index contributed by atoms with van der Waals surface area (Å²) in [6.07, 6.45) is 0.502. The Balaban J connectivity index is 1.37. The van der Waals surface area contributed by atoms with Crippen LogP contribution < -0.4 is 21.7 Å². The van der Waals surface area contributed by atoms with E-state index in [0.717, 1.165) is 11.3 Å². The van der Waals surface area contributed by atoms with E-state index < -0.39 is 23.6 Å². The highest BCUT2D eigenvalue weighted by atomic mass is 16.2. The number of para-hydroxylation sites is 1. The Morgan fingerprint density at radius 3 is 2.28 bits per heavy atom. The molecular weight excluding hydrogens is 408 g/mol. The first-order valence-electron chi connectivity index (χ1n) is 10.3. The van der Waals surface area contributed by atoms with E-state index in [9.17, 15) is 14.4 Å². The number of nitrogens with one attached hydrogen (secondary N) is 4. The zero-order valence-electron chi connectivity index (χ0n) is 17.8. The average molecular weight is 432 g/mol. The number of rotatable bonds is 5. The van der Waals surface area contributed by atoms with Gasteiger partial charge in [0.05, 0.1) is 22.6 Å². The zero-order chi connectivity index (χ0) is 22.7. The number of hydrogen-bond donors (Lipinski definition) is 4. The summed E-state index contributed by atoms with van der Waals surface area (Å²) >= 11 is 0. The fraction of sp³-hybridized carbons (Fsp3) is 0.217. The molecule has 4 N–H and O–H groups in total. The molecule has 0 saturated carbocycles. The van der Waals surface area contributed by atoms with Gasteiger partial charge in [-0.25, -0.2) is 15.5 Å². The molecule has 1 fully saturated rings. The van der Waals surface area contributed by atoms with Gasteiger partial charge in [-0.1, -0.05) is 48.5 Å². The van der Waals surface area contributed by atoms with Gasteiger partial charge in [-0.2, -0.15) is 5.10 Å². The van der Waals surface area contributed by atoms with Crippen molar-refractivity contribution in [3.63, 3.8) is 0 Å². The van der Waals surface area contributed by atoms with Gasteiger partial charge in [0.25, 0.3) is 11.7 Å². The number of Topliss-reactive ketones (excluding diaryl/α,β-unsaturated/α-hetero) is 1. The van der Waals surface area contributed by atoms with Crippen LogP contribution in [0.2, 0.25) is 0 Å². The highest BCUT2D eigenvalue weighted by molar-refractivity contribution is 6.43. The maximum Gasteiger partial charge on any atom is 0.310 e. The lowest BCUT2D eigenvalue weighted by molar-refractivity contribution is -0.128. The summed E-state index contributed by atoms with van der Waals surface area (Å²) in [5.74, 6) is -2.13. The summed E-state index contributed by atoms with van der Waals surface area (Å²) in [4.78, 5) is 37.7. The highest BCUT2D eigenvalue weighted by Gasteiger charge is 2.31. The van der Waals surface area contributed by atoms with Crippen molar-refractivity contribution in [2.45, 2.75) is 32.4 Å². The monoisotopic (exact) mass is 432 g/mol. The number of ketones is 1. The van der Waals surface area contributed by atoms with Crippen molar-refractivity contribution in [2.24, 2.45) is 0 Å². The van der Waals surface area contributed by atoms with Crippen LogP contribution in [0.3, 0.4) is 0 Å². The second-order valence-electron chi connectivity index (χ2n) is 7.61. The molecule has 1 aromatic heterocycles. The van der Waals surface area contributed by atoms with Crippen LogP contribution in [0.1, 0.15) is 39.8 Å². The molecule has 4 rings (SSSR count). The molecule has 9 heteroatoms. The molecular formula is C23H24N6O3. The van der Waals surface area contributed by atoms with Gasteiger partial charge in [-0.3, -0.25) is 25.2 Å². The van der Waals surface area contributed by atoms with E-state index in [1.807, 2.05) is 60.7 Å². The molecule has 2 aromatic carbocycles. The fourth-order valence-corrected chi connectivity index (χ4v) is 3.80. The predicted octanol–water partition coefficient (Wildman–Crippen LogP) is 1.43. The largest absolute Gasteiger partial charge is 0.310 e. The van der Waals surface area contributed by atoms with E-state index >= 15 is 0 Å². The van der Waals surface area contributed by atoms with Gasteiger partial charge in [0.15, 0.2) is 0 Å². The highest BCUT2D eigenvalue weighted by Crippen LogP contribution is 2.22. The van der Waals surface area contributed by atoms with E-state index in [0.29, 0.717) is 17.8 Å². The zero-order valence-corrected chi connectivity index (χ0v) is 17.8. The molecule has 0 radical (unpaired) electrons. The summed E-state index contributed by atoms with van der Waals surface area (Å²) < 4.78 is 1.62. The summed E-state index contributed by atoms with van der Waals surface area (Å²) in [6.45, 7) is 3.40. The molecule has 9 nitrogen and oxygen atoms in total. The molecule has 0 spiro atoms. The van der Waals surface area contributed by atoms with Gasteiger partial charge in [0, 0.05) is 6.04 Å². The number of carbonyl (C=O) groups is 3. The number of amides is 2. The smallest absolute Gasteiger partial charge is 0.283 e. The van der Waals surface area contributed by atoms with E-state index in [-0.39, 0.29) is 11.6 Å². The molecule has 0 aliphatic carbocycles. The van der Waals surface area contributed by atoms with Gasteiger partial charge in [0.2, 0.25) is 0 Å². The minimum atomic E-state index is -0.928. The molecule has 1 aliphatic rings. The number of aromatic nitrogens is 2. The third-order valence-corrected chi connectivity index (χ3v) is 5.45. The van der Waals surface area contributed by atoms with E-state index in [2.05, 4.69) is 26.8 Å². The number of aryl methyl sites for hydroxylation is 1. The standard InChI is InChI=1S/C23H24N6O3/c1-14-20(15(2)29(28-14)17-11-7-4-8-12-17)21(30)23(32)27-26-22(31)19-13-18(24-25-19)16-9-5-3-6-10-16/h3-12,18-19,24-25H,13H2,1-2H3,(H,26,31)(H,27,32). The van der Waals surface area contributed by atoms with Crippen LogP contribution in [-0.2, 0) is 9.59 Å². The van der Waals surface area contributed by atoms with Crippen molar-refractivity contribution in [3.05, 3.63) is 83.2 Å². The lowest BCUT2D eigenvalue weighted by atomic mass is 10.0. The quantitative estimate of drug-likeness (QED) is 0.275. The number of nitrogens with zero attached hydrogens (tertiary/aromatic N) is 2. The van der Waals surface area contributed by atoms with Crippen LogP contribution in [-0.4, -0.2) is 33.4 Å². The first kappa shape index (κ1) is 21.4. The van der Waals surface area contributed by atoms with Crippen LogP contribution in [0.5, 0.6) is 0 Å². The van der Waals surface area contributed by atoms with Crippen LogP contribution in [0.25, 0.3) is 5.69 Å². The van der Waals surface area contributed by atoms with Crippen molar-refractivity contribution in [2.75, 3.05) is 0 Å². The summed E-state index contributed by atoms with van der Waals surface area (Å²) in [5.41, 5.74) is 13.6. The Morgan fingerprint density at radius 1 is 0.938 bits per heavy atom. The Labute approximate surface area is 185 Å². The molecule has 2 heterocycles. The summed E-state index contributed by atoms with van der Waals surface area (Å²) in [7, 11) is 0. The van der Waals surface area contributed by atoms with Crippen LogP contribution in [0, 0.1) is 13.8 Å². The minimum absolute atomic E-state index is 0.0293. The first-order valence-corrected chi connectivity index (χ1v) is 10.3. The number of benzene rings is 2. The number of hydrazine groups is 2. The van der Waals surface area contributed by atoms with Gasteiger partial charge in [-0.05, 0) is 38.0 Å². The van der Waals surface area contributed by atoms with Crippen molar-refractivity contribution >= 4 is 17.6 Å². The SMILES string of the molecule is Cc1nn(-c2ccccc2)c(C)c1C(=O)C(=O)NNC(=O)C1CC(c2ccccc2)NN1. The van der Waals surface area contributed by atoms with Crippen molar-refractivity contribution in [1.82, 2.24) is 31.5 Å². The molecule has 0 bridgehead atoms. The summed E-state index contributed by atoms with van der Waals surface area (Å²) in [6, 6.07) is 18.5. The van der Waals surface area contributed by atoms with Crippen LogP contribution in [0.15, 0.2) is 60.7 Å². The van der Waals surface area contributed by atoms with Crippen LogP contribution >= 0.6 is 0 Å². The topological polar surface area (TPSA) is 117 Å². The van der Waals surface area contributed by atoms with Gasteiger partial charge < -0.3 is 0 Å². The van der Waals surface area contributed by atoms with Crippen LogP contribution in [0.4, 0.5) is 0 Å². The molecule has 2 unspecified atom stereocenters. The Bertz CT molecular complexity index is 1140. The second kappa shape index (κ2) is 9.13. The van der Waals surface area contributed by atoms with Gasteiger partial charge in [-0.15, -0.1) is 0 Å². The number of carbonyl (C=O) groups excluding carboxylic acids is 3. The van der Waals surface area contributed by atoms with Crippen molar-refractivity contribution in [3.8, 4) is 5.69 Å². The molecule has 1 saturated heterocycles. The Hall–Kier alpha value is -3.82. The normalized spacial score (nSPS) is 17.7. The van der Waals surface area contributed by atoms with E-state index in [1.54, 1.807) is 18.5 Å². The molecule has 164 valence electrons. The Morgan fingerprint density at radius 2 is 1.59 bits per heavy atom. The molecule has 1 aliphatic heterocycles. The molecule has 2 amide bonds. The fourth-order valence-electron chi connectivity index (χ4n) is 3.80. The molecule has 3 aromatic rings. The Kier molecular flexibility index (Phi) is 6.11. The second-order valence-corrected chi connectivity index (χ2v) is 7.61. The maximum atomic E-state index is 12.8. The third-order valence-electron chi connectivity index (χ3n) is 5.45. The lowest BCUT2D eigenvalue weighted by Gasteiger charge is -2.11. The third kappa shape index (κ3) is 4.29. The van der Waals surface area contributed by atoms with E-state index in [4.69, 9.17) is 0 Å². The van der Waals surface area contributed by atoms with Gasteiger partial charge >= 0.3 is 5.91 Å². The van der Waals surface area contributed by atoms with E-state index in [1.165, 1.54) is 0 Å². The maximum absolute atomic E-state index is 12.8. The summed E-state index contributed by atoms with van der Waals surface area (Å²) in [5, 5.41) is 4.39. The van der Waals surface area contributed by atoms with Gasteiger partial charge in [0.1, 0.15) is 6.04 Å². The van der Waals surface area contributed by atoms with Crippen molar-refractivity contribution < 1.29 is 14.4 Å². The average Bonchev–Trinajstić information content (AvgIpc) is 3.43. The van der Waals surface area contributed by atoms with Crippen molar-refractivity contribution in [1.29, 1.82) is 0 Å². The molecule has 2 atom stereocenters. The number of hydrogen-bond acceptors (Lipinski definition) is 6.